The lowest BCUT2D eigenvalue weighted by atomic mass is 10.1. The van der Waals surface area contributed by atoms with E-state index >= 15 is 0 Å². The molecule has 0 amide bonds. The summed E-state index contributed by atoms with van der Waals surface area (Å²) < 4.78 is 16.2. The summed E-state index contributed by atoms with van der Waals surface area (Å²) in [5.41, 5.74) is 0. The van der Waals surface area contributed by atoms with Gasteiger partial charge >= 0.3 is 0 Å². The summed E-state index contributed by atoms with van der Waals surface area (Å²) in [5.74, 6) is 2.10. The van der Waals surface area contributed by atoms with Crippen LogP contribution in [0.1, 0.15) is 32.1 Å². The van der Waals surface area contributed by atoms with Gasteiger partial charge in [-0.3, -0.25) is 0 Å². The van der Waals surface area contributed by atoms with Gasteiger partial charge < -0.3 is 14.2 Å². The first-order valence-electron chi connectivity index (χ1n) is 7.40. The molecule has 1 aliphatic rings. The Hall–Kier alpha value is -1.29. The van der Waals surface area contributed by atoms with Crippen LogP contribution >= 0.6 is 11.8 Å². The average Bonchev–Trinajstić information content (AvgIpc) is 2.48. The maximum absolute atomic E-state index is 5.42. The summed E-state index contributed by atoms with van der Waals surface area (Å²) in [5, 5.41) is 0.615. The normalized spacial score (nSPS) is 18.7. The molecular formula is C17H24O3S. The van der Waals surface area contributed by atoms with Crippen LogP contribution in [0.15, 0.2) is 29.2 Å². The van der Waals surface area contributed by atoms with Crippen molar-refractivity contribution in [3.05, 3.63) is 24.3 Å². The molecule has 1 aliphatic carbocycles. The standard InChI is InChI=1S/C17H24O3S/c1-18-15-11-14(12-16(19-2)17(15)20-3)21-13-9-7-5-4-6-8-10-13/h5,7,11-13H,4,6,8-10H2,1-3H3. The summed E-state index contributed by atoms with van der Waals surface area (Å²) >= 11 is 1.90. The fourth-order valence-electron chi connectivity index (χ4n) is 2.54. The zero-order valence-electron chi connectivity index (χ0n) is 13.1. The van der Waals surface area contributed by atoms with Crippen molar-refractivity contribution in [1.82, 2.24) is 0 Å². The van der Waals surface area contributed by atoms with Crippen LogP contribution in [-0.4, -0.2) is 26.6 Å². The van der Waals surface area contributed by atoms with Crippen molar-refractivity contribution in [3.63, 3.8) is 0 Å². The molecule has 1 aromatic carbocycles. The molecule has 0 heterocycles. The number of thioether (sulfide) groups is 1. The van der Waals surface area contributed by atoms with Gasteiger partial charge in [-0.25, -0.2) is 0 Å². The van der Waals surface area contributed by atoms with Crippen molar-refractivity contribution in [2.24, 2.45) is 0 Å². The van der Waals surface area contributed by atoms with Crippen molar-refractivity contribution in [2.45, 2.75) is 42.2 Å². The predicted molar refractivity (Wildman–Crippen MR) is 88.0 cm³/mol. The Bertz CT molecular complexity index is 460. The molecular weight excluding hydrogens is 284 g/mol. The molecule has 0 N–H and O–H groups in total. The van der Waals surface area contributed by atoms with Gasteiger partial charge in [-0.2, -0.15) is 0 Å². The van der Waals surface area contributed by atoms with Crippen LogP contribution in [0.5, 0.6) is 17.2 Å². The van der Waals surface area contributed by atoms with Gasteiger partial charge in [0.15, 0.2) is 11.5 Å². The fourth-order valence-corrected chi connectivity index (χ4v) is 3.77. The van der Waals surface area contributed by atoms with Crippen molar-refractivity contribution in [3.8, 4) is 17.2 Å². The van der Waals surface area contributed by atoms with Gasteiger partial charge in [-0.15, -0.1) is 11.8 Å². The molecule has 1 atom stereocenters. The molecule has 0 bridgehead atoms. The molecule has 0 aliphatic heterocycles. The fraction of sp³-hybridized carbons (Fsp3) is 0.529. The molecule has 116 valence electrons. The predicted octanol–water partition coefficient (Wildman–Crippen LogP) is 4.69. The van der Waals surface area contributed by atoms with Gasteiger partial charge in [0.05, 0.1) is 21.3 Å². The molecule has 0 aromatic heterocycles. The van der Waals surface area contributed by atoms with Crippen molar-refractivity contribution >= 4 is 11.8 Å². The lowest BCUT2D eigenvalue weighted by Gasteiger charge is -2.18. The summed E-state index contributed by atoms with van der Waals surface area (Å²) in [6, 6.07) is 4.07. The number of rotatable bonds is 5. The molecule has 0 spiro atoms. The van der Waals surface area contributed by atoms with E-state index in [4.69, 9.17) is 14.2 Å². The van der Waals surface area contributed by atoms with Gasteiger partial charge in [0.1, 0.15) is 0 Å². The van der Waals surface area contributed by atoms with Crippen LogP contribution in [0, 0.1) is 0 Å². The SMILES string of the molecule is COc1cc(SC2CC=CCCCC2)cc(OC)c1OC. The number of hydrogen-bond acceptors (Lipinski definition) is 4. The number of methoxy groups -OCH3 is 3. The van der Waals surface area contributed by atoms with Crippen molar-refractivity contribution in [1.29, 1.82) is 0 Å². The molecule has 2 rings (SSSR count). The summed E-state index contributed by atoms with van der Waals surface area (Å²) in [6.07, 6.45) is 10.8. The Morgan fingerprint density at radius 2 is 1.67 bits per heavy atom. The van der Waals surface area contributed by atoms with Gasteiger partial charge in [0.2, 0.25) is 5.75 Å². The quantitative estimate of drug-likeness (QED) is 0.737. The second-order valence-electron chi connectivity index (χ2n) is 5.09. The summed E-state index contributed by atoms with van der Waals surface area (Å²) in [4.78, 5) is 1.17. The van der Waals surface area contributed by atoms with E-state index in [2.05, 4.69) is 12.2 Å². The third-order valence-electron chi connectivity index (χ3n) is 3.65. The Kier molecular flexibility index (Phi) is 6.30. The zero-order chi connectivity index (χ0) is 15.1. The summed E-state index contributed by atoms with van der Waals surface area (Å²) in [7, 11) is 4.95. The third kappa shape index (κ3) is 4.34. The van der Waals surface area contributed by atoms with Gasteiger partial charge in [0, 0.05) is 10.1 Å². The van der Waals surface area contributed by atoms with Gasteiger partial charge in [-0.05, 0) is 37.8 Å². The maximum Gasteiger partial charge on any atom is 0.203 e. The van der Waals surface area contributed by atoms with E-state index in [-0.39, 0.29) is 0 Å². The molecule has 0 radical (unpaired) electrons. The Morgan fingerprint density at radius 3 is 2.29 bits per heavy atom. The maximum atomic E-state index is 5.42. The molecule has 1 unspecified atom stereocenters. The number of ether oxygens (including phenoxy) is 3. The van der Waals surface area contributed by atoms with Crippen LogP contribution in [0.3, 0.4) is 0 Å². The lowest BCUT2D eigenvalue weighted by molar-refractivity contribution is 0.323. The van der Waals surface area contributed by atoms with E-state index in [9.17, 15) is 0 Å². The monoisotopic (exact) mass is 308 g/mol. The van der Waals surface area contributed by atoms with E-state index in [1.165, 1.54) is 30.6 Å². The third-order valence-corrected chi connectivity index (χ3v) is 4.92. The highest BCUT2D eigenvalue weighted by atomic mass is 32.2. The molecule has 21 heavy (non-hydrogen) atoms. The smallest absolute Gasteiger partial charge is 0.203 e. The molecule has 1 aromatic rings. The van der Waals surface area contributed by atoms with Crippen LogP contribution in [0.2, 0.25) is 0 Å². The second kappa shape index (κ2) is 8.23. The van der Waals surface area contributed by atoms with E-state index in [1.807, 2.05) is 23.9 Å². The van der Waals surface area contributed by atoms with Crippen molar-refractivity contribution < 1.29 is 14.2 Å². The van der Waals surface area contributed by atoms with Crippen LogP contribution in [0.25, 0.3) is 0 Å². The second-order valence-corrected chi connectivity index (χ2v) is 6.47. The lowest BCUT2D eigenvalue weighted by Crippen LogP contribution is -2.03. The van der Waals surface area contributed by atoms with E-state index in [1.54, 1.807) is 21.3 Å². The van der Waals surface area contributed by atoms with Crippen LogP contribution in [0.4, 0.5) is 0 Å². The first-order chi connectivity index (χ1) is 10.3. The highest BCUT2D eigenvalue weighted by molar-refractivity contribution is 8.00. The topological polar surface area (TPSA) is 27.7 Å². The number of hydrogen-bond donors (Lipinski definition) is 0. The van der Waals surface area contributed by atoms with Gasteiger partial charge in [0.25, 0.3) is 0 Å². The first kappa shape index (κ1) is 16.1. The van der Waals surface area contributed by atoms with Crippen molar-refractivity contribution in [2.75, 3.05) is 21.3 Å². The Balaban J connectivity index is 2.18. The minimum absolute atomic E-state index is 0.615. The highest BCUT2D eigenvalue weighted by Gasteiger charge is 2.16. The minimum Gasteiger partial charge on any atom is -0.493 e. The molecule has 0 saturated carbocycles. The first-order valence-corrected chi connectivity index (χ1v) is 8.28. The summed E-state index contributed by atoms with van der Waals surface area (Å²) in [6.45, 7) is 0. The van der Waals surface area contributed by atoms with E-state index in [0.29, 0.717) is 11.0 Å². The highest BCUT2D eigenvalue weighted by Crippen LogP contribution is 2.42. The zero-order valence-corrected chi connectivity index (χ0v) is 13.9. The molecule has 0 fully saturated rings. The Morgan fingerprint density at radius 1 is 0.952 bits per heavy atom. The molecule has 0 saturated heterocycles. The van der Waals surface area contributed by atoms with E-state index < -0.39 is 0 Å². The average molecular weight is 308 g/mol. The molecule has 4 heteroatoms. The largest absolute Gasteiger partial charge is 0.493 e. The minimum atomic E-state index is 0.615. The van der Waals surface area contributed by atoms with Crippen LogP contribution in [-0.2, 0) is 0 Å². The molecule has 3 nitrogen and oxygen atoms in total. The van der Waals surface area contributed by atoms with Crippen LogP contribution < -0.4 is 14.2 Å². The number of benzene rings is 1. The number of allylic oxidation sites excluding steroid dienone is 2. The van der Waals surface area contributed by atoms with E-state index in [0.717, 1.165) is 17.9 Å². The van der Waals surface area contributed by atoms with Gasteiger partial charge in [-0.1, -0.05) is 18.6 Å². The Labute approximate surface area is 131 Å².